The van der Waals surface area contributed by atoms with Crippen LogP contribution in [-0.4, -0.2) is 15.4 Å². The van der Waals surface area contributed by atoms with E-state index in [0.717, 1.165) is 0 Å². The molecular formula is C5H9Cl2NO2. The molecule has 0 aliphatic carbocycles. The first-order chi connectivity index (χ1) is 4.54. The molecule has 1 amide bonds. The summed E-state index contributed by atoms with van der Waals surface area (Å²) in [5, 5.41) is 8.13. The molecule has 0 rings (SSSR count). The van der Waals surface area contributed by atoms with Gasteiger partial charge in [-0.2, -0.15) is 0 Å². The van der Waals surface area contributed by atoms with E-state index >= 15 is 0 Å². The lowest BCUT2D eigenvalue weighted by molar-refractivity contribution is -0.130. The Labute approximate surface area is 69.3 Å². The second-order valence-corrected chi connectivity index (χ2v) is 3.38. The normalized spacial score (nSPS) is 11.2. The van der Waals surface area contributed by atoms with Crippen molar-refractivity contribution < 1.29 is 10.0 Å². The molecule has 0 radical (unpaired) electrons. The number of hydrogen-bond acceptors (Lipinski definition) is 2. The van der Waals surface area contributed by atoms with Crippen molar-refractivity contribution in [1.29, 1.82) is 0 Å². The van der Waals surface area contributed by atoms with Crippen molar-refractivity contribution in [2.24, 2.45) is 0 Å². The number of carbonyl (C=O) groups is 1. The number of hydrogen-bond donors (Lipinski definition) is 2. The van der Waals surface area contributed by atoms with Crippen molar-refractivity contribution in [2.75, 3.05) is 0 Å². The van der Waals surface area contributed by atoms with Crippen LogP contribution in [0.15, 0.2) is 0 Å². The molecule has 0 saturated heterocycles. The van der Waals surface area contributed by atoms with Gasteiger partial charge in [0.2, 0.25) is 0 Å². The van der Waals surface area contributed by atoms with Crippen LogP contribution in [0.25, 0.3) is 0 Å². The molecule has 2 N–H and O–H groups in total. The van der Waals surface area contributed by atoms with Crippen molar-refractivity contribution in [2.45, 2.75) is 24.1 Å². The molecule has 0 bridgehead atoms. The predicted molar refractivity (Wildman–Crippen MR) is 39.3 cm³/mol. The van der Waals surface area contributed by atoms with Gasteiger partial charge in [-0.25, -0.2) is 5.48 Å². The molecule has 0 atom stereocenters. The van der Waals surface area contributed by atoms with E-state index in [2.05, 4.69) is 0 Å². The summed E-state index contributed by atoms with van der Waals surface area (Å²) >= 11 is 11.0. The second kappa shape index (κ2) is 4.01. The minimum Gasteiger partial charge on any atom is -0.289 e. The predicted octanol–water partition coefficient (Wildman–Crippen LogP) is 1.47. The lowest BCUT2D eigenvalue weighted by Crippen LogP contribution is -2.36. The summed E-state index contributed by atoms with van der Waals surface area (Å²) in [7, 11) is 0. The summed E-state index contributed by atoms with van der Waals surface area (Å²) in [5.41, 5.74) is 1.39. The zero-order valence-electron chi connectivity index (χ0n) is 5.53. The average Bonchev–Trinajstić information content (AvgIpc) is 1.86. The van der Waals surface area contributed by atoms with Crippen molar-refractivity contribution in [3.8, 4) is 0 Å². The van der Waals surface area contributed by atoms with Crippen molar-refractivity contribution in [3.05, 3.63) is 0 Å². The molecule has 0 aromatic rings. The Hall–Kier alpha value is 0.01000. The van der Waals surface area contributed by atoms with Crippen LogP contribution in [0.3, 0.4) is 0 Å². The number of nitrogens with one attached hydrogen (secondary N) is 1. The third-order valence-corrected chi connectivity index (χ3v) is 1.72. The van der Waals surface area contributed by atoms with Gasteiger partial charge in [-0.05, 0) is 6.42 Å². The summed E-state index contributed by atoms with van der Waals surface area (Å²) in [6.07, 6.45) is 1.00. The van der Waals surface area contributed by atoms with Crippen LogP contribution in [0.4, 0.5) is 0 Å². The molecule has 0 heterocycles. The van der Waals surface area contributed by atoms with Gasteiger partial charge in [0.05, 0.1) is 0 Å². The first-order valence-corrected chi connectivity index (χ1v) is 3.62. The van der Waals surface area contributed by atoms with Gasteiger partial charge < -0.3 is 0 Å². The SMILES string of the molecule is CCCC(Cl)(Cl)C(=O)NO. The Kier molecular flexibility index (Phi) is 4.01. The molecule has 0 aliphatic heterocycles. The van der Waals surface area contributed by atoms with E-state index in [1.54, 1.807) is 0 Å². The maximum absolute atomic E-state index is 10.6. The second-order valence-electron chi connectivity index (χ2n) is 1.90. The van der Waals surface area contributed by atoms with Crippen LogP contribution >= 0.6 is 23.2 Å². The van der Waals surface area contributed by atoms with E-state index in [-0.39, 0.29) is 0 Å². The van der Waals surface area contributed by atoms with Crippen molar-refractivity contribution in [1.82, 2.24) is 5.48 Å². The molecule has 0 aromatic carbocycles. The summed E-state index contributed by atoms with van der Waals surface area (Å²) in [5.74, 6) is -0.780. The quantitative estimate of drug-likeness (QED) is 0.398. The van der Waals surface area contributed by atoms with Gasteiger partial charge in [-0.1, -0.05) is 36.5 Å². The fourth-order valence-electron chi connectivity index (χ4n) is 0.509. The fraction of sp³-hybridized carbons (Fsp3) is 0.800. The summed E-state index contributed by atoms with van der Waals surface area (Å²) in [6.45, 7) is 1.84. The Bertz CT molecular complexity index is 127. The van der Waals surface area contributed by atoms with Crippen LogP contribution in [0.2, 0.25) is 0 Å². The Balaban J connectivity index is 3.96. The van der Waals surface area contributed by atoms with Crippen molar-refractivity contribution >= 4 is 29.1 Å². The summed E-state index contributed by atoms with van der Waals surface area (Å²) in [6, 6.07) is 0. The highest BCUT2D eigenvalue weighted by atomic mass is 35.5. The number of hydroxylamine groups is 1. The molecule has 0 unspecified atom stereocenters. The minimum absolute atomic E-state index is 0.322. The van der Waals surface area contributed by atoms with Gasteiger partial charge in [-0.3, -0.25) is 10.0 Å². The van der Waals surface area contributed by atoms with E-state index in [0.29, 0.717) is 12.8 Å². The largest absolute Gasteiger partial charge is 0.289 e. The molecule has 10 heavy (non-hydrogen) atoms. The highest BCUT2D eigenvalue weighted by Gasteiger charge is 2.31. The number of carbonyl (C=O) groups excluding carboxylic acids is 1. The molecule has 0 spiro atoms. The van der Waals surface area contributed by atoms with Crippen LogP contribution in [-0.2, 0) is 4.79 Å². The number of halogens is 2. The topological polar surface area (TPSA) is 49.3 Å². The third kappa shape index (κ3) is 2.73. The highest BCUT2D eigenvalue weighted by molar-refractivity contribution is 6.57. The average molecular weight is 186 g/mol. The molecule has 0 aromatic heterocycles. The Morgan fingerprint density at radius 3 is 2.50 bits per heavy atom. The third-order valence-electron chi connectivity index (χ3n) is 0.998. The Morgan fingerprint density at radius 2 is 2.20 bits per heavy atom. The van der Waals surface area contributed by atoms with Gasteiger partial charge in [0.25, 0.3) is 5.91 Å². The summed E-state index contributed by atoms with van der Waals surface area (Å²) in [4.78, 5) is 10.6. The monoisotopic (exact) mass is 185 g/mol. The van der Waals surface area contributed by atoms with E-state index in [1.165, 1.54) is 5.48 Å². The van der Waals surface area contributed by atoms with Gasteiger partial charge in [0, 0.05) is 0 Å². The van der Waals surface area contributed by atoms with Crippen molar-refractivity contribution in [3.63, 3.8) is 0 Å². The lowest BCUT2D eigenvalue weighted by Gasteiger charge is -2.14. The maximum atomic E-state index is 10.6. The van der Waals surface area contributed by atoms with E-state index in [1.807, 2.05) is 6.92 Å². The molecule has 60 valence electrons. The van der Waals surface area contributed by atoms with Gasteiger partial charge in [0.15, 0.2) is 4.33 Å². The van der Waals surface area contributed by atoms with Crippen LogP contribution in [0, 0.1) is 0 Å². The lowest BCUT2D eigenvalue weighted by atomic mass is 10.2. The maximum Gasteiger partial charge on any atom is 0.279 e. The van der Waals surface area contributed by atoms with Gasteiger partial charge >= 0.3 is 0 Å². The van der Waals surface area contributed by atoms with E-state index < -0.39 is 10.2 Å². The molecule has 0 aliphatic rings. The smallest absolute Gasteiger partial charge is 0.279 e. The summed E-state index contributed by atoms with van der Waals surface area (Å²) < 4.78 is -1.50. The first-order valence-electron chi connectivity index (χ1n) is 2.87. The fourth-order valence-corrected chi connectivity index (χ4v) is 0.972. The van der Waals surface area contributed by atoms with Gasteiger partial charge in [0.1, 0.15) is 0 Å². The minimum atomic E-state index is -1.50. The zero-order valence-corrected chi connectivity index (χ0v) is 7.04. The molecule has 3 nitrogen and oxygen atoms in total. The number of amides is 1. The Morgan fingerprint density at radius 1 is 1.70 bits per heavy atom. The standard InChI is InChI=1S/C5H9Cl2NO2/c1-2-3-5(6,7)4(9)8-10/h10H,2-3H2,1H3,(H,8,9). The number of rotatable bonds is 3. The number of alkyl halides is 2. The zero-order chi connectivity index (χ0) is 8.20. The van der Waals surface area contributed by atoms with E-state index in [4.69, 9.17) is 28.4 Å². The van der Waals surface area contributed by atoms with Crippen LogP contribution in [0.5, 0.6) is 0 Å². The van der Waals surface area contributed by atoms with E-state index in [9.17, 15) is 4.79 Å². The molecule has 5 heteroatoms. The molecule has 0 saturated carbocycles. The van der Waals surface area contributed by atoms with Crippen LogP contribution < -0.4 is 5.48 Å². The van der Waals surface area contributed by atoms with Crippen LogP contribution in [0.1, 0.15) is 19.8 Å². The van der Waals surface area contributed by atoms with Gasteiger partial charge in [-0.15, -0.1) is 0 Å². The highest BCUT2D eigenvalue weighted by Crippen LogP contribution is 2.26. The molecular weight excluding hydrogens is 177 g/mol. The first kappa shape index (κ1) is 10.0. The molecule has 0 fully saturated rings.